The Morgan fingerprint density at radius 2 is 2.50 bits per heavy atom. The first-order valence-electron chi connectivity index (χ1n) is 3.73. The van der Waals surface area contributed by atoms with Crippen molar-refractivity contribution in [2.45, 2.75) is 26.4 Å². The predicted octanol–water partition coefficient (Wildman–Crippen LogP) is 2.30. The van der Waals surface area contributed by atoms with Crippen LogP contribution < -0.4 is 0 Å². The topological polar surface area (TPSA) is 9.23 Å². The summed E-state index contributed by atoms with van der Waals surface area (Å²) < 4.78 is 5.43. The van der Waals surface area contributed by atoms with Crippen LogP contribution in [0.5, 0.6) is 0 Å². The molecule has 1 aliphatic heterocycles. The molecule has 0 N–H and O–H groups in total. The first-order valence-corrected chi connectivity index (χ1v) is 3.73. The predicted molar refractivity (Wildman–Crippen MR) is 42.9 cm³/mol. The highest BCUT2D eigenvalue weighted by atomic mass is 16.5. The lowest BCUT2D eigenvalue weighted by atomic mass is 10.1. The first kappa shape index (κ1) is 7.55. The summed E-state index contributed by atoms with van der Waals surface area (Å²) in [4.78, 5) is 0. The summed E-state index contributed by atoms with van der Waals surface area (Å²) in [6.45, 7) is 4.96. The van der Waals surface area contributed by atoms with Gasteiger partial charge in [-0.25, -0.2) is 0 Å². The largest absolute Gasteiger partial charge is 0.370 e. The maximum Gasteiger partial charge on any atom is 0.0796 e. The number of hydrogen-bond acceptors (Lipinski definition) is 1. The maximum absolute atomic E-state index is 5.43. The Labute approximate surface area is 62.4 Å². The lowest BCUT2D eigenvalue weighted by Crippen LogP contribution is -2.14. The maximum atomic E-state index is 5.43. The van der Waals surface area contributed by atoms with Gasteiger partial charge in [0.25, 0.3) is 0 Å². The minimum atomic E-state index is 0.329. The molecule has 10 heavy (non-hydrogen) atoms. The van der Waals surface area contributed by atoms with Crippen LogP contribution in [0.15, 0.2) is 23.8 Å². The van der Waals surface area contributed by atoms with Crippen LogP contribution in [-0.4, -0.2) is 12.7 Å². The van der Waals surface area contributed by atoms with Gasteiger partial charge in [0.15, 0.2) is 0 Å². The Kier molecular flexibility index (Phi) is 2.69. The van der Waals surface area contributed by atoms with Crippen molar-refractivity contribution in [3.05, 3.63) is 23.8 Å². The van der Waals surface area contributed by atoms with Gasteiger partial charge in [-0.2, -0.15) is 0 Å². The van der Waals surface area contributed by atoms with Crippen LogP contribution in [0, 0.1) is 0 Å². The standard InChI is InChI=1S/C9H14O/c1-3-4-9-7-8(2)5-6-10-9/h3-5,9H,6-7H2,1-2H3. The van der Waals surface area contributed by atoms with Crippen molar-refractivity contribution in [1.82, 2.24) is 0 Å². The van der Waals surface area contributed by atoms with E-state index in [2.05, 4.69) is 19.1 Å². The van der Waals surface area contributed by atoms with E-state index in [1.165, 1.54) is 5.57 Å². The Morgan fingerprint density at radius 1 is 1.70 bits per heavy atom. The van der Waals surface area contributed by atoms with Gasteiger partial charge in [-0.1, -0.05) is 23.8 Å². The second kappa shape index (κ2) is 3.57. The molecule has 1 rings (SSSR count). The molecule has 1 heterocycles. The quantitative estimate of drug-likeness (QED) is 0.505. The van der Waals surface area contributed by atoms with Crippen molar-refractivity contribution in [2.75, 3.05) is 6.61 Å². The van der Waals surface area contributed by atoms with Crippen molar-refractivity contribution in [3.8, 4) is 0 Å². The van der Waals surface area contributed by atoms with Crippen LogP contribution in [0.4, 0.5) is 0 Å². The van der Waals surface area contributed by atoms with Gasteiger partial charge in [0.05, 0.1) is 12.7 Å². The Morgan fingerprint density at radius 3 is 3.10 bits per heavy atom. The summed E-state index contributed by atoms with van der Waals surface area (Å²) in [6, 6.07) is 0. The summed E-state index contributed by atoms with van der Waals surface area (Å²) in [7, 11) is 0. The lowest BCUT2D eigenvalue weighted by molar-refractivity contribution is 0.0987. The number of hydrogen-bond donors (Lipinski definition) is 0. The molecule has 0 amide bonds. The summed E-state index contributed by atoms with van der Waals surface area (Å²) in [6.07, 6.45) is 7.68. The van der Waals surface area contributed by atoms with Gasteiger partial charge in [-0.05, 0) is 20.3 Å². The smallest absolute Gasteiger partial charge is 0.0796 e. The molecular formula is C9H14O. The van der Waals surface area contributed by atoms with Crippen LogP contribution in [0.3, 0.4) is 0 Å². The average molecular weight is 138 g/mol. The van der Waals surface area contributed by atoms with Crippen molar-refractivity contribution >= 4 is 0 Å². The van der Waals surface area contributed by atoms with E-state index in [4.69, 9.17) is 4.74 Å². The van der Waals surface area contributed by atoms with Crippen molar-refractivity contribution in [3.63, 3.8) is 0 Å². The van der Waals surface area contributed by atoms with Crippen LogP contribution in [0.25, 0.3) is 0 Å². The van der Waals surface area contributed by atoms with Crippen LogP contribution >= 0.6 is 0 Å². The van der Waals surface area contributed by atoms with Crippen LogP contribution in [0.1, 0.15) is 20.3 Å². The van der Waals surface area contributed by atoms with Gasteiger partial charge >= 0.3 is 0 Å². The van der Waals surface area contributed by atoms with E-state index in [-0.39, 0.29) is 0 Å². The fraction of sp³-hybridized carbons (Fsp3) is 0.556. The highest BCUT2D eigenvalue weighted by Crippen LogP contribution is 2.14. The molecular weight excluding hydrogens is 124 g/mol. The Balaban J connectivity index is 2.45. The fourth-order valence-electron chi connectivity index (χ4n) is 1.11. The SMILES string of the molecule is CC=CC1CC(C)=CCO1. The monoisotopic (exact) mass is 138 g/mol. The van der Waals surface area contributed by atoms with Gasteiger partial charge in [-0.15, -0.1) is 0 Å². The molecule has 0 aromatic heterocycles. The summed E-state index contributed by atoms with van der Waals surface area (Å²) in [5.41, 5.74) is 1.44. The summed E-state index contributed by atoms with van der Waals surface area (Å²) in [5.74, 6) is 0. The van der Waals surface area contributed by atoms with Gasteiger partial charge in [0, 0.05) is 0 Å². The second-order valence-corrected chi connectivity index (χ2v) is 2.65. The second-order valence-electron chi connectivity index (χ2n) is 2.65. The molecule has 1 heteroatoms. The molecule has 56 valence electrons. The number of rotatable bonds is 1. The van der Waals surface area contributed by atoms with Crippen molar-refractivity contribution in [2.24, 2.45) is 0 Å². The van der Waals surface area contributed by atoms with E-state index in [0.29, 0.717) is 6.10 Å². The molecule has 0 fully saturated rings. The highest BCUT2D eigenvalue weighted by molar-refractivity contribution is 5.07. The molecule has 0 spiro atoms. The molecule has 1 atom stereocenters. The van der Waals surface area contributed by atoms with E-state index >= 15 is 0 Å². The fourth-order valence-corrected chi connectivity index (χ4v) is 1.11. The zero-order chi connectivity index (χ0) is 7.40. The Hall–Kier alpha value is -0.560. The first-order chi connectivity index (χ1) is 4.83. The van der Waals surface area contributed by atoms with E-state index in [1.807, 2.05) is 13.0 Å². The Bertz CT molecular complexity index is 156. The molecule has 0 aromatic rings. The molecule has 1 unspecified atom stereocenters. The van der Waals surface area contributed by atoms with Gasteiger partial charge < -0.3 is 4.74 Å². The molecule has 0 aliphatic carbocycles. The molecule has 0 saturated heterocycles. The van der Waals surface area contributed by atoms with Crippen molar-refractivity contribution < 1.29 is 4.74 Å². The summed E-state index contributed by atoms with van der Waals surface area (Å²) >= 11 is 0. The van der Waals surface area contributed by atoms with Gasteiger partial charge in [0.1, 0.15) is 0 Å². The third kappa shape index (κ3) is 1.99. The molecule has 1 aliphatic rings. The number of ether oxygens (including phenoxy) is 1. The molecule has 1 nitrogen and oxygen atoms in total. The molecule has 0 radical (unpaired) electrons. The third-order valence-corrected chi connectivity index (χ3v) is 1.67. The molecule has 0 aromatic carbocycles. The van der Waals surface area contributed by atoms with E-state index in [1.54, 1.807) is 0 Å². The van der Waals surface area contributed by atoms with Crippen LogP contribution in [-0.2, 0) is 4.74 Å². The van der Waals surface area contributed by atoms with Crippen LogP contribution in [0.2, 0.25) is 0 Å². The minimum absolute atomic E-state index is 0.329. The lowest BCUT2D eigenvalue weighted by Gasteiger charge is -2.18. The number of allylic oxidation sites excluding steroid dienone is 1. The molecule has 0 bridgehead atoms. The minimum Gasteiger partial charge on any atom is -0.370 e. The van der Waals surface area contributed by atoms with Gasteiger partial charge in [-0.3, -0.25) is 0 Å². The zero-order valence-electron chi connectivity index (χ0n) is 6.63. The van der Waals surface area contributed by atoms with Gasteiger partial charge in [0.2, 0.25) is 0 Å². The average Bonchev–Trinajstić information content (AvgIpc) is 1.88. The van der Waals surface area contributed by atoms with E-state index in [0.717, 1.165) is 13.0 Å². The highest BCUT2D eigenvalue weighted by Gasteiger charge is 2.08. The third-order valence-electron chi connectivity index (χ3n) is 1.67. The molecule has 0 saturated carbocycles. The summed E-state index contributed by atoms with van der Waals surface area (Å²) in [5, 5.41) is 0. The van der Waals surface area contributed by atoms with E-state index < -0.39 is 0 Å². The van der Waals surface area contributed by atoms with Crippen molar-refractivity contribution in [1.29, 1.82) is 0 Å². The normalized spacial score (nSPS) is 27.0. The zero-order valence-corrected chi connectivity index (χ0v) is 6.63. The van der Waals surface area contributed by atoms with E-state index in [9.17, 15) is 0 Å².